The number of hydrogen-bond donors (Lipinski definition) is 0. The zero-order valence-electron chi connectivity index (χ0n) is 9.00. The Kier molecular flexibility index (Phi) is 2.97. The molecule has 0 fully saturated rings. The van der Waals surface area contributed by atoms with E-state index in [1.807, 2.05) is 6.07 Å². The maximum atomic E-state index is 11.7. The molecule has 0 radical (unpaired) electrons. The minimum atomic E-state index is -0.0286. The number of carbonyl (C=O) groups excluding carboxylic acids is 2. The summed E-state index contributed by atoms with van der Waals surface area (Å²) in [4.78, 5) is 24.6. The zero-order chi connectivity index (χ0) is 11.7. The van der Waals surface area contributed by atoms with E-state index in [2.05, 4.69) is 0 Å². The van der Waals surface area contributed by atoms with E-state index in [1.165, 1.54) is 4.90 Å². The Morgan fingerprint density at radius 3 is 2.94 bits per heavy atom. The molecule has 3 nitrogen and oxygen atoms in total. The van der Waals surface area contributed by atoms with Crippen molar-refractivity contribution in [3.05, 3.63) is 28.8 Å². The summed E-state index contributed by atoms with van der Waals surface area (Å²) in [6.07, 6.45) is 0.809. The number of rotatable bonds is 3. The van der Waals surface area contributed by atoms with Crippen LogP contribution in [0.3, 0.4) is 0 Å². The van der Waals surface area contributed by atoms with Crippen LogP contribution >= 0.6 is 11.6 Å². The number of amides is 1. The molecule has 0 saturated carbocycles. The lowest BCUT2D eigenvalue weighted by Crippen LogP contribution is -2.32. The summed E-state index contributed by atoms with van der Waals surface area (Å²) in [5, 5.41) is 0.586. The summed E-state index contributed by atoms with van der Waals surface area (Å²) in [7, 11) is 0. The lowest BCUT2D eigenvalue weighted by atomic mass is 10.2. The lowest BCUT2D eigenvalue weighted by Gasteiger charge is -2.16. The number of benzene rings is 1. The second-order valence-corrected chi connectivity index (χ2v) is 4.26. The molecule has 0 N–H and O–H groups in total. The number of ketones is 1. The standard InChI is InChI=1S/C12H12ClNO2/c1-2-10(15)7-14-11-6-9(13)4-3-8(11)5-12(14)16/h3-4,6H,2,5,7H2,1H3. The van der Waals surface area contributed by atoms with Gasteiger partial charge in [-0.1, -0.05) is 24.6 Å². The molecular weight excluding hydrogens is 226 g/mol. The Morgan fingerprint density at radius 2 is 2.25 bits per heavy atom. The van der Waals surface area contributed by atoms with E-state index in [0.29, 0.717) is 17.9 Å². The molecule has 0 bridgehead atoms. The molecule has 0 unspecified atom stereocenters. The molecule has 1 aromatic rings. The van der Waals surface area contributed by atoms with Crippen molar-refractivity contribution in [2.75, 3.05) is 11.4 Å². The summed E-state index contributed by atoms with van der Waals surface area (Å²) in [6, 6.07) is 5.34. The lowest BCUT2D eigenvalue weighted by molar-refractivity contribution is -0.121. The van der Waals surface area contributed by atoms with Crippen LogP contribution in [0.25, 0.3) is 0 Å². The van der Waals surface area contributed by atoms with E-state index >= 15 is 0 Å². The number of carbonyl (C=O) groups is 2. The van der Waals surface area contributed by atoms with Gasteiger partial charge in [0.25, 0.3) is 0 Å². The van der Waals surface area contributed by atoms with Crippen molar-refractivity contribution in [3.8, 4) is 0 Å². The summed E-state index contributed by atoms with van der Waals surface area (Å²) < 4.78 is 0. The van der Waals surface area contributed by atoms with E-state index in [9.17, 15) is 9.59 Å². The fourth-order valence-corrected chi connectivity index (χ4v) is 1.96. The minimum Gasteiger partial charge on any atom is -0.304 e. The van der Waals surface area contributed by atoms with Crippen molar-refractivity contribution in [3.63, 3.8) is 0 Å². The smallest absolute Gasteiger partial charge is 0.231 e. The minimum absolute atomic E-state index is 0.0286. The van der Waals surface area contributed by atoms with Crippen LogP contribution in [0.1, 0.15) is 18.9 Å². The molecule has 1 heterocycles. The fourth-order valence-electron chi connectivity index (χ4n) is 1.79. The normalized spacial score (nSPS) is 14.1. The van der Waals surface area contributed by atoms with Crippen LogP contribution in [-0.4, -0.2) is 18.2 Å². The Morgan fingerprint density at radius 1 is 1.50 bits per heavy atom. The van der Waals surface area contributed by atoms with Crippen LogP contribution in [0, 0.1) is 0 Å². The maximum absolute atomic E-state index is 11.7. The van der Waals surface area contributed by atoms with Gasteiger partial charge in [-0.3, -0.25) is 9.59 Å². The first kappa shape index (κ1) is 11.1. The maximum Gasteiger partial charge on any atom is 0.231 e. The van der Waals surface area contributed by atoms with Gasteiger partial charge in [0.05, 0.1) is 13.0 Å². The van der Waals surface area contributed by atoms with E-state index in [4.69, 9.17) is 11.6 Å². The molecule has 0 spiro atoms. The van der Waals surface area contributed by atoms with Gasteiger partial charge in [0.2, 0.25) is 5.91 Å². The van der Waals surface area contributed by atoms with Gasteiger partial charge in [0, 0.05) is 17.1 Å². The summed E-state index contributed by atoms with van der Waals surface area (Å²) in [5.74, 6) is 0.0280. The van der Waals surface area contributed by atoms with E-state index in [1.54, 1.807) is 19.1 Å². The second kappa shape index (κ2) is 4.26. The molecule has 0 aliphatic carbocycles. The van der Waals surface area contributed by atoms with Crippen LogP contribution in [0.4, 0.5) is 5.69 Å². The first-order valence-electron chi connectivity index (χ1n) is 5.22. The predicted octanol–water partition coefficient (Wildman–Crippen LogP) is 2.21. The molecule has 1 amide bonds. The summed E-state index contributed by atoms with van der Waals surface area (Å²) in [5.41, 5.74) is 1.72. The number of hydrogen-bond acceptors (Lipinski definition) is 2. The zero-order valence-corrected chi connectivity index (χ0v) is 9.75. The predicted molar refractivity (Wildman–Crippen MR) is 62.8 cm³/mol. The van der Waals surface area contributed by atoms with E-state index < -0.39 is 0 Å². The SMILES string of the molecule is CCC(=O)CN1C(=O)Cc2ccc(Cl)cc21. The molecular formula is C12H12ClNO2. The highest BCUT2D eigenvalue weighted by Gasteiger charge is 2.28. The van der Waals surface area contributed by atoms with Gasteiger partial charge in [-0.05, 0) is 17.7 Å². The number of Topliss-reactive ketones (excluding diaryl/α,β-unsaturated/α-hetero) is 1. The highest BCUT2D eigenvalue weighted by Crippen LogP contribution is 2.31. The third-order valence-corrected chi connectivity index (χ3v) is 2.94. The van der Waals surface area contributed by atoms with Crippen molar-refractivity contribution in [1.82, 2.24) is 0 Å². The van der Waals surface area contributed by atoms with Crippen LogP contribution < -0.4 is 4.90 Å². The Hall–Kier alpha value is -1.35. The second-order valence-electron chi connectivity index (χ2n) is 3.82. The highest BCUT2D eigenvalue weighted by molar-refractivity contribution is 6.31. The van der Waals surface area contributed by atoms with Gasteiger partial charge in [-0.2, -0.15) is 0 Å². The largest absolute Gasteiger partial charge is 0.304 e. The fraction of sp³-hybridized carbons (Fsp3) is 0.333. The average Bonchev–Trinajstić information content (AvgIpc) is 2.55. The van der Waals surface area contributed by atoms with Gasteiger partial charge in [-0.15, -0.1) is 0 Å². The van der Waals surface area contributed by atoms with Gasteiger partial charge in [0.15, 0.2) is 5.78 Å². The van der Waals surface area contributed by atoms with Crippen LogP contribution in [-0.2, 0) is 16.0 Å². The molecule has 2 rings (SSSR count). The molecule has 1 aliphatic heterocycles. The van der Waals surface area contributed by atoms with Crippen molar-refractivity contribution in [2.45, 2.75) is 19.8 Å². The number of fused-ring (bicyclic) bond motifs is 1. The van der Waals surface area contributed by atoms with Crippen molar-refractivity contribution >= 4 is 29.0 Å². The molecule has 0 atom stereocenters. The quantitative estimate of drug-likeness (QED) is 0.808. The highest BCUT2D eigenvalue weighted by atomic mass is 35.5. The van der Waals surface area contributed by atoms with Crippen LogP contribution in [0.5, 0.6) is 0 Å². The average molecular weight is 238 g/mol. The van der Waals surface area contributed by atoms with Crippen LogP contribution in [0.15, 0.2) is 18.2 Å². The van der Waals surface area contributed by atoms with Gasteiger partial charge in [0.1, 0.15) is 0 Å². The van der Waals surface area contributed by atoms with Gasteiger partial charge < -0.3 is 4.90 Å². The number of anilines is 1. The third-order valence-electron chi connectivity index (χ3n) is 2.71. The first-order valence-corrected chi connectivity index (χ1v) is 5.60. The topological polar surface area (TPSA) is 37.4 Å². The molecule has 16 heavy (non-hydrogen) atoms. The molecule has 1 aliphatic rings. The van der Waals surface area contributed by atoms with Gasteiger partial charge in [-0.25, -0.2) is 0 Å². The van der Waals surface area contributed by atoms with E-state index in [0.717, 1.165) is 11.3 Å². The molecule has 0 saturated heterocycles. The number of halogens is 1. The third kappa shape index (κ3) is 1.95. The molecule has 0 aromatic heterocycles. The van der Waals surface area contributed by atoms with Crippen LogP contribution in [0.2, 0.25) is 5.02 Å². The summed E-state index contributed by atoms with van der Waals surface area (Å²) in [6.45, 7) is 1.95. The van der Waals surface area contributed by atoms with Crippen molar-refractivity contribution in [1.29, 1.82) is 0 Å². The van der Waals surface area contributed by atoms with Gasteiger partial charge >= 0.3 is 0 Å². The Bertz CT molecular complexity index is 456. The van der Waals surface area contributed by atoms with Crippen molar-refractivity contribution < 1.29 is 9.59 Å². The molecule has 4 heteroatoms. The summed E-state index contributed by atoms with van der Waals surface area (Å²) >= 11 is 5.88. The van der Waals surface area contributed by atoms with Crippen molar-refractivity contribution in [2.24, 2.45) is 0 Å². The Labute approximate surface area is 99.0 Å². The first-order chi connectivity index (χ1) is 7.61. The Balaban J connectivity index is 2.31. The van der Waals surface area contributed by atoms with E-state index in [-0.39, 0.29) is 18.2 Å². The number of nitrogens with zero attached hydrogens (tertiary/aromatic N) is 1. The molecule has 1 aromatic carbocycles. The monoisotopic (exact) mass is 237 g/mol. The molecule has 84 valence electrons.